The monoisotopic (exact) mass is 340 g/mol. The second-order valence-corrected chi connectivity index (χ2v) is 5.83. The van der Waals surface area contributed by atoms with Crippen molar-refractivity contribution >= 4 is 17.4 Å². The lowest BCUT2D eigenvalue weighted by Crippen LogP contribution is -2.37. The second kappa shape index (κ2) is 7.07. The number of allylic oxidation sites excluding steroid dienone is 1. The molecule has 4 nitrogen and oxygen atoms in total. The van der Waals surface area contributed by atoms with Crippen molar-refractivity contribution in [3.63, 3.8) is 0 Å². The van der Waals surface area contributed by atoms with Crippen LogP contribution in [0.3, 0.4) is 0 Å². The fraction of sp³-hybridized carbons (Fsp3) is 0.412. The molecule has 1 aromatic carbocycles. The molecule has 0 radical (unpaired) electrons. The van der Waals surface area contributed by atoms with Crippen LogP contribution in [0.4, 0.5) is 18.9 Å². The van der Waals surface area contributed by atoms with Crippen molar-refractivity contribution in [1.82, 2.24) is 4.90 Å². The largest absolute Gasteiger partial charge is 0.454 e. The number of carbonyl (C=O) groups excluding carboxylic acids is 2. The van der Waals surface area contributed by atoms with Crippen LogP contribution in [0.5, 0.6) is 0 Å². The summed E-state index contributed by atoms with van der Waals surface area (Å²) in [4.78, 5) is 24.9. The summed E-state index contributed by atoms with van der Waals surface area (Å²) in [6.07, 6.45) is -2.15. The van der Waals surface area contributed by atoms with Gasteiger partial charge in [-0.2, -0.15) is 13.2 Å². The van der Waals surface area contributed by atoms with Gasteiger partial charge in [0.05, 0.1) is 0 Å². The molecule has 7 heteroatoms. The maximum atomic E-state index is 12.5. The number of hydrogen-bond acceptors (Lipinski definition) is 3. The maximum Gasteiger partial charge on any atom is 0.454 e. The number of benzene rings is 1. The van der Waals surface area contributed by atoms with E-state index in [0.717, 1.165) is 17.3 Å². The van der Waals surface area contributed by atoms with Crippen LogP contribution in [0, 0.1) is 13.8 Å². The molecular formula is C17H19F3N2O2. The number of amides is 1. The van der Waals surface area contributed by atoms with Gasteiger partial charge in [0.1, 0.15) is 6.04 Å². The molecule has 0 spiro atoms. The summed E-state index contributed by atoms with van der Waals surface area (Å²) in [6, 6.07) is 5.04. The van der Waals surface area contributed by atoms with Crippen LogP contribution in [0.15, 0.2) is 30.5 Å². The van der Waals surface area contributed by atoms with E-state index in [9.17, 15) is 22.8 Å². The minimum Gasteiger partial charge on any atom is -0.365 e. The number of carbonyl (C=O) groups is 2. The smallest absolute Gasteiger partial charge is 0.365 e. The minimum absolute atomic E-state index is 0.283. The normalized spacial score (nSPS) is 18.2. The third kappa shape index (κ3) is 4.15. The van der Waals surface area contributed by atoms with Gasteiger partial charge in [0, 0.05) is 24.5 Å². The van der Waals surface area contributed by atoms with E-state index in [-0.39, 0.29) is 5.91 Å². The van der Waals surface area contributed by atoms with Gasteiger partial charge in [-0.15, -0.1) is 0 Å². The zero-order valence-electron chi connectivity index (χ0n) is 13.5. The number of rotatable bonds is 4. The fourth-order valence-corrected chi connectivity index (χ4v) is 2.73. The van der Waals surface area contributed by atoms with E-state index in [1.807, 2.05) is 32.0 Å². The molecule has 0 saturated carbocycles. The van der Waals surface area contributed by atoms with Crippen LogP contribution >= 0.6 is 0 Å². The Hall–Kier alpha value is -2.31. The lowest BCUT2D eigenvalue weighted by Gasteiger charge is -2.23. The van der Waals surface area contributed by atoms with Gasteiger partial charge in [0.25, 0.3) is 5.78 Å². The van der Waals surface area contributed by atoms with Gasteiger partial charge >= 0.3 is 6.18 Å². The predicted octanol–water partition coefficient (Wildman–Crippen LogP) is 3.35. The summed E-state index contributed by atoms with van der Waals surface area (Å²) < 4.78 is 36.8. The molecule has 1 amide bonds. The Bertz CT molecular complexity index is 648. The van der Waals surface area contributed by atoms with Crippen molar-refractivity contribution in [1.29, 1.82) is 0 Å². The number of para-hydroxylation sites is 1. The molecule has 1 N–H and O–H groups in total. The first-order valence-electron chi connectivity index (χ1n) is 7.62. The highest BCUT2D eigenvalue weighted by Crippen LogP contribution is 2.24. The van der Waals surface area contributed by atoms with E-state index in [4.69, 9.17) is 0 Å². The molecule has 130 valence electrons. The number of nitrogens with zero attached hydrogens (tertiary/aromatic N) is 1. The third-order valence-corrected chi connectivity index (χ3v) is 4.02. The van der Waals surface area contributed by atoms with E-state index in [0.29, 0.717) is 31.1 Å². The molecule has 0 aromatic heterocycles. The van der Waals surface area contributed by atoms with Crippen molar-refractivity contribution < 1.29 is 22.8 Å². The summed E-state index contributed by atoms with van der Waals surface area (Å²) in [5, 5.41) is 2.85. The van der Waals surface area contributed by atoms with Gasteiger partial charge < -0.3 is 10.2 Å². The molecule has 0 aliphatic carbocycles. The number of nitrogens with one attached hydrogen (secondary N) is 1. The summed E-state index contributed by atoms with van der Waals surface area (Å²) in [7, 11) is 0. The molecule has 1 aliphatic rings. The van der Waals surface area contributed by atoms with Gasteiger partial charge in [-0.05, 0) is 37.8 Å². The Morgan fingerprint density at radius 1 is 1.25 bits per heavy atom. The van der Waals surface area contributed by atoms with Crippen molar-refractivity contribution in [2.45, 2.75) is 38.9 Å². The number of likely N-dealkylation sites (tertiary alicyclic amines) is 1. The molecule has 1 atom stereocenters. The first kappa shape index (κ1) is 18.0. The number of hydrogen-bond donors (Lipinski definition) is 1. The lowest BCUT2D eigenvalue weighted by atomic mass is 10.1. The molecule has 1 heterocycles. The standard InChI is InChI=1S/C17H19F3N2O2/c1-11-5-3-6-12(2)15(11)21-16(24)13-7-4-9-22(13)10-8-14(23)17(18,19)20/h3,5-6,8,10,13H,4,7,9H2,1-2H3,(H,21,24)/b10-8+. The van der Waals surface area contributed by atoms with Crippen LogP contribution < -0.4 is 5.32 Å². The Morgan fingerprint density at radius 3 is 2.46 bits per heavy atom. The number of aryl methyl sites for hydroxylation is 2. The van der Waals surface area contributed by atoms with E-state index >= 15 is 0 Å². The highest BCUT2D eigenvalue weighted by molar-refractivity contribution is 5.97. The van der Waals surface area contributed by atoms with Crippen LogP contribution in [0.1, 0.15) is 24.0 Å². The average Bonchev–Trinajstić information content (AvgIpc) is 2.96. The van der Waals surface area contributed by atoms with Crippen LogP contribution in [-0.4, -0.2) is 35.4 Å². The average molecular weight is 340 g/mol. The Labute approximate surface area is 138 Å². The van der Waals surface area contributed by atoms with E-state index < -0.39 is 18.0 Å². The van der Waals surface area contributed by atoms with Crippen molar-refractivity contribution in [3.8, 4) is 0 Å². The topological polar surface area (TPSA) is 49.4 Å². The molecule has 0 bridgehead atoms. The number of alkyl halides is 3. The molecular weight excluding hydrogens is 321 g/mol. The summed E-state index contributed by atoms with van der Waals surface area (Å²) in [5.41, 5.74) is 2.54. The van der Waals surface area contributed by atoms with Gasteiger partial charge in [0.2, 0.25) is 5.91 Å². The van der Waals surface area contributed by atoms with Crippen molar-refractivity contribution in [3.05, 3.63) is 41.6 Å². The van der Waals surface area contributed by atoms with Gasteiger partial charge in [0.15, 0.2) is 0 Å². The molecule has 1 aromatic rings. The molecule has 1 fully saturated rings. The quantitative estimate of drug-likeness (QED) is 0.855. The second-order valence-electron chi connectivity index (χ2n) is 5.83. The Balaban J connectivity index is 2.09. The summed E-state index contributed by atoms with van der Waals surface area (Å²) in [6.45, 7) is 4.18. The zero-order chi connectivity index (χ0) is 17.9. The molecule has 1 aliphatic heterocycles. The Morgan fingerprint density at radius 2 is 1.88 bits per heavy atom. The van der Waals surface area contributed by atoms with Crippen molar-refractivity contribution in [2.75, 3.05) is 11.9 Å². The molecule has 1 unspecified atom stereocenters. The molecule has 1 saturated heterocycles. The van der Waals surface area contributed by atoms with Crippen molar-refractivity contribution in [2.24, 2.45) is 0 Å². The van der Waals surface area contributed by atoms with E-state index in [1.54, 1.807) is 0 Å². The van der Waals surface area contributed by atoms with Gasteiger partial charge in [-0.1, -0.05) is 18.2 Å². The third-order valence-electron chi connectivity index (χ3n) is 4.02. The van der Waals surface area contributed by atoms with Gasteiger partial charge in [-0.25, -0.2) is 0 Å². The first-order valence-corrected chi connectivity index (χ1v) is 7.62. The first-order chi connectivity index (χ1) is 11.2. The SMILES string of the molecule is Cc1cccc(C)c1NC(=O)C1CCCN1/C=C/C(=O)C(F)(F)F. The minimum atomic E-state index is -4.90. The van der Waals surface area contributed by atoms with Crippen LogP contribution in [0.2, 0.25) is 0 Å². The fourth-order valence-electron chi connectivity index (χ4n) is 2.73. The number of anilines is 1. The van der Waals surface area contributed by atoms with Crippen LogP contribution in [-0.2, 0) is 9.59 Å². The highest BCUT2D eigenvalue weighted by atomic mass is 19.4. The molecule has 2 rings (SSSR count). The Kier molecular flexibility index (Phi) is 5.31. The summed E-state index contributed by atoms with van der Waals surface area (Å²) >= 11 is 0. The maximum absolute atomic E-state index is 12.5. The number of halogens is 3. The van der Waals surface area contributed by atoms with Gasteiger partial charge in [-0.3, -0.25) is 9.59 Å². The summed E-state index contributed by atoms with van der Waals surface area (Å²) in [5.74, 6) is -2.21. The predicted molar refractivity (Wildman–Crippen MR) is 84.5 cm³/mol. The highest BCUT2D eigenvalue weighted by Gasteiger charge is 2.37. The number of ketones is 1. The molecule has 24 heavy (non-hydrogen) atoms. The van der Waals surface area contributed by atoms with E-state index in [2.05, 4.69) is 5.32 Å². The zero-order valence-corrected chi connectivity index (χ0v) is 13.5. The van der Waals surface area contributed by atoms with E-state index in [1.165, 1.54) is 4.90 Å². The van der Waals surface area contributed by atoms with Crippen LogP contribution in [0.25, 0.3) is 0 Å². The lowest BCUT2D eigenvalue weighted by molar-refractivity contribution is -0.165.